The lowest BCUT2D eigenvalue weighted by Gasteiger charge is -2.35. The van der Waals surface area contributed by atoms with Gasteiger partial charge in [-0.3, -0.25) is 9.79 Å². The molecule has 1 aliphatic heterocycles. The van der Waals surface area contributed by atoms with Crippen LogP contribution >= 0.6 is 24.0 Å². The molecule has 3 N–H and O–H groups in total. The molecule has 1 rings (SSSR count). The second-order valence-corrected chi connectivity index (χ2v) is 8.30. The molecule has 1 aliphatic rings. The number of nitrogens with zero attached hydrogens (tertiary/aromatic N) is 2. The average molecular weight is 497 g/mol. The molecule has 27 heavy (non-hydrogen) atoms. The van der Waals surface area contributed by atoms with E-state index < -0.39 is 11.0 Å². The monoisotopic (exact) mass is 497 g/mol. The molecular formula is C18H36IN5O3. The molecule has 9 heteroatoms. The van der Waals surface area contributed by atoms with Gasteiger partial charge in [-0.05, 0) is 47.5 Å². The van der Waals surface area contributed by atoms with Crippen molar-refractivity contribution in [1.29, 1.82) is 0 Å². The average Bonchev–Trinajstić information content (AvgIpc) is 2.56. The van der Waals surface area contributed by atoms with E-state index in [2.05, 4.69) is 20.9 Å². The van der Waals surface area contributed by atoms with E-state index in [9.17, 15) is 9.59 Å². The van der Waals surface area contributed by atoms with E-state index in [0.29, 0.717) is 25.6 Å². The predicted molar refractivity (Wildman–Crippen MR) is 119 cm³/mol. The molecule has 0 aromatic heterocycles. The molecule has 1 atom stereocenters. The predicted octanol–water partition coefficient (Wildman–Crippen LogP) is 1.94. The van der Waals surface area contributed by atoms with E-state index in [0.717, 1.165) is 12.8 Å². The van der Waals surface area contributed by atoms with E-state index in [1.165, 1.54) is 0 Å². The Morgan fingerprint density at radius 2 is 1.85 bits per heavy atom. The van der Waals surface area contributed by atoms with Gasteiger partial charge in [-0.15, -0.1) is 24.0 Å². The van der Waals surface area contributed by atoms with Gasteiger partial charge in [-0.2, -0.15) is 0 Å². The smallest absolute Gasteiger partial charge is 0.410 e. The second kappa shape index (κ2) is 10.9. The van der Waals surface area contributed by atoms with Crippen molar-refractivity contribution < 1.29 is 14.3 Å². The number of piperidine rings is 1. The zero-order valence-corrected chi connectivity index (χ0v) is 20.0. The van der Waals surface area contributed by atoms with Crippen molar-refractivity contribution in [2.75, 3.05) is 33.7 Å². The van der Waals surface area contributed by atoms with Crippen LogP contribution in [0.4, 0.5) is 4.79 Å². The standard InChI is InChI=1S/C18H35N5O3.HI/c1-17(2,3)26-16(25)23-10-8-9-13(11-23)22-15(20-7)21-12-18(4,5)14(24)19-6;/h13H,8-12H2,1-7H3,(H,19,24)(H2,20,21,22);1H. The molecule has 1 saturated heterocycles. The number of carbonyl (C=O) groups is 2. The molecule has 1 heterocycles. The molecule has 0 aromatic rings. The number of nitrogens with one attached hydrogen (secondary N) is 3. The van der Waals surface area contributed by atoms with Gasteiger partial charge < -0.3 is 25.6 Å². The fourth-order valence-corrected chi connectivity index (χ4v) is 2.70. The number of likely N-dealkylation sites (tertiary alicyclic amines) is 1. The maximum atomic E-state index is 12.3. The van der Waals surface area contributed by atoms with E-state index in [1.807, 2.05) is 34.6 Å². The largest absolute Gasteiger partial charge is 0.444 e. The number of carbonyl (C=O) groups excluding carboxylic acids is 2. The quantitative estimate of drug-likeness (QED) is 0.314. The zero-order chi connectivity index (χ0) is 20.0. The lowest BCUT2D eigenvalue weighted by molar-refractivity contribution is -0.128. The van der Waals surface area contributed by atoms with Gasteiger partial charge in [0.05, 0.1) is 5.41 Å². The minimum absolute atomic E-state index is 0. The summed E-state index contributed by atoms with van der Waals surface area (Å²) in [5.41, 5.74) is -1.05. The lowest BCUT2D eigenvalue weighted by Crippen LogP contribution is -2.54. The van der Waals surface area contributed by atoms with Crippen LogP contribution in [-0.4, -0.2) is 68.2 Å². The number of halogens is 1. The number of aliphatic imine (C=N–C) groups is 1. The van der Waals surface area contributed by atoms with Gasteiger partial charge in [0.1, 0.15) is 5.60 Å². The van der Waals surface area contributed by atoms with Crippen LogP contribution in [0.5, 0.6) is 0 Å². The van der Waals surface area contributed by atoms with Gasteiger partial charge in [0.15, 0.2) is 5.96 Å². The lowest BCUT2D eigenvalue weighted by atomic mass is 9.92. The SMILES string of the molecule is CN=C(NCC(C)(C)C(=O)NC)NC1CCCN(C(=O)OC(C)(C)C)C1.I. The Labute approximate surface area is 180 Å². The maximum absolute atomic E-state index is 12.3. The summed E-state index contributed by atoms with van der Waals surface area (Å²) in [5.74, 6) is 0.590. The second-order valence-electron chi connectivity index (χ2n) is 8.30. The van der Waals surface area contributed by atoms with Crippen LogP contribution in [-0.2, 0) is 9.53 Å². The van der Waals surface area contributed by atoms with Crippen LogP contribution < -0.4 is 16.0 Å². The van der Waals surface area contributed by atoms with Crippen molar-refractivity contribution in [3.05, 3.63) is 0 Å². The summed E-state index contributed by atoms with van der Waals surface area (Å²) in [7, 11) is 3.32. The highest BCUT2D eigenvalue weighted by Crippen LogP contribution is 2.16. The van der Waals surface area contributed by atoms with Gasteiger partial charge in [0.25, 0.3) is 0 Å². The van der Waals surface area contributed by atoms with Crippen molar-refractivity contribution in [1.82, 2.24) is 20.9 Å². The van der Waals surface area contributed by atoms with Crippen LogP contribution in [0.1, 0.15) is 47.5 Å². The van der Waals surface area contributed by atoms with Crippen LogP contribution in [0.15, 0.2) is 4.99 Å². The number of rotatable bonds is 4. The Morgan fingerprint density at radius 3 is 2.37 bits per heavy atom. The molecule has 158 valence electrons. The van der Waals surface area contributed by atoms with Crippen molar-refractivity contribution in [3.8, 4) is 0 Å². The van der Waals surface area contributed by atoms with E-state index in [4.69, 9.17) is 4.74 Å². The molecule has 0 saturated carbocycles. The van der Waals surface area contributed by atoms with E-state index in [-0.39, 0.29) is 42.0 Å². The van der Waals surface area contributed by atoms with E-state index >= 15 is 0 Å². The first kappa shape index (κ1) is 25.7. The van der Waals surface area contributed by atoms with Crippen LogP contribution in [0.2, 0.25) is 0 Å². The Kier molecular flexibility index (Phi) is 10.4. The third-order valence-electron chi connectivity index (χ3n) is 4.18. The van der Waals surface area contributed by atoms with Gasteiger partial charge >= 0.3 is 6.09 Å². The third kappa shape index (κ3) is 8.98. The highest BCUT2D eigenvalue weighted by Gasteiger charge is 2.29. The molecule has 1 fully saturated rings. The van der Waals surface area contributed by atoms with Crippen LogP contribution in [0, 0.1) is 5.41 Å². The minimum atomic E-state index is -0.554. The number of amides is 2. The Balaban J connectivity index is 0.00000676. The summed E-state index contributed by atoms with van der Waals surface area (Å²) in [6.07, 6.45) is 1.56. The van der Waals surface area contributed by atoms with Gasteiger partial charge in [0.2, 0.25) is 5.91 Å². The number of ether oxygens (including phenoxy) is 1. The summed E-state index contributed by atoms with van der Waals surface area (Å²) in [6.45, 7) is 11.1. The van der Waals surface area contributed by atoms with Gasteiger partial charge in [-0.1, -0.05) is 0 Å². The Morgan fingerprint density at radius 1 is 1.22 bits per heavy atom. The van der Waals surface area contributed by atoms with Crippen molar-refractivity contribution in [2.45, 2.75) is 59.1 Å². The summed E-state index contributed by atoms with van der Waals surface area (Å²) in [6, 6.07) is 0.0885. The molecule has 0 bridgehead atoms. The van der Waals surface area contributed by atoms with Crippen LogP contribution in [0.3, 0.4) is 0 Å². The molecule has 0 spiro atoms. The fraction of sp³-hybridized carbons (Fsp3) is 0.833. The van der Waals surface area contributed by atoms with Crippen molar-refractivity contribution in [3.63, 3.8) is 0 Å². The van der Waals surface area contributed by atoms with Crippen molar-refractivity contribution >= 4 is 41.9 Å². The van der Waals surface area contributed by atoms with Gasteiger partial charge in [0, 0.05) is 39.8 Å². The summed E-state index contributed by atoms with van der Waals surface area (Å²) in [5, 5.41) is 9.21. The van der Waals surface area contributed by atoms with E-state index in [1.54, 1.807) is 19.0 Å². The fourth-order valence-electron chi connectivity index (χ4n) is 2.70. The first-order chi connectivity index (χ1) is 12.0. The molecule has 0 aromatic carbocycles. The Hall–Kier alpha value is -1.26. The number of guanidine groups is 1. The number of hydrogen-bond acceptors (Lipinski definition) is 4. The number of hydrogen-bond donors (Lipinski definition) is 3. The summed E-state index contributed by atoms with van der Waals surface area (Å²) < 4.78 is 5.46. The highest BCUT2D eigenvalue weighted by molar-refractivity contribution is 14.0. The maximum Gasteiger partial charge on any atom is 0.410 e. The highest BCUT2D eigenvalue weighted by atomic mass is 127. The molecule has 0 radical (unpaired) electrons. The molecular weight excluding hydrogens is 461 g/mol. The molecule has 8 nitrogen and oxygen atoms in total. The summed E-state index contributed by atoms with van der Waals surface area (Å²) in [4.78, 5) is 30.1. The Bertz CT molecular complexity index is 532. The minimum Gasteiger partial charge on any atom is -0.444 e. The molecule has 2 amide bonds. The zero-order valence-electron chi connectivity index (χ0n) is 17.6. The first-order valence-corrected chi connectivity index (χ1v) is 9.16. The topological polar surface area (TPSA) is 95.1 Å². The normalized spacial score (nSPS) is 18.3. The third-order valence-corrected chi connectivity index (χ3v) is 4.18. The first-order valence-electron chi connectivity index (χ1n) is 9.16. The molecule has 1 unspecified atom stereocenters. The van der Waals surface area contributed by atoms with Crippen molar-refractivity contribution in [2.24, 2.45) is 10.4 Å². The molecule has 0 aliphatic carbocycles. The summed E-state index contributed by atoms with van der Waals surface area (Å²) >= 11 is 0. The van der Waals surface area contributed by atoms with Gasteiger partial charge in [-0.25, -0.2) is 4.79 Å². The van der Waals surface area contributed by atoms with Crippen LogP contribution in [0.25, 0.3) is 0 Å².